The number of rotatable bonds is 5. The predicted octanol–water partition coefficient (Wildman–Crippen LogP) is 1.73. The van der Waals surface area contributed by atoms with Crippen LogP contribution < -0.4 is 10.6 Å². The topological polar surface area (TPSA) is 78.4 Å². The zero-order valence-corrected chi connectivity index (χ0v) is 10.8. The van der Waals surface area contributed by atoms with E-state index in [9.17, 15) is 9.59 Å². The molecule has 0 radical (unpaired) electrons. The summed E-state index contributed by atoms with van der Waals surface area (Å²) < 4.78 is 0. The number of nitrogens with one attached hydrogen (secondary N) is 2. The van der Waals surface area contributed by atoms with E-state index in [4.69, 9.17) is 5.11 Å². The van der Waals surface area contributed by atoms with Gasteiger partial charge in [0.2, 0.25) is 0 Å². The summed E-state index contributed by atoms with van der Waals surface area (Å²) in [6.45, 7) is 5.99. The molecular weight excluding hydrogens is 220 g/mol. The van der Waals surface area contributed by atoms with E-state index < -0.39 is 17.5 Å². The molecule has 0 heterocycles. The van der Waals surface area contributed by atoms with Crippen LogP contribution in [0.15, 0.2) is 0 Å². The van der Waals surface area contributed by atoms with E-state index in [1.807, 2.05) is 0 Å². The number of hydrogen-bond acceptors (Lipinski definition) is 2. The van der Waals surface area contributed by atoms with Crippen LogP contribution in [0, 0.1) is 5.41 Å². The van der Waals surface area contributed by atoms with Crippen molar-refractivity contribution in [2.75, 3.05) is 6.54 Å². The SMILES string of the molecule is CCC(C)(NC(=O)NCC1(C)CCC1)C(=O)O. The summed E-state index contributed by atoms with van der Waals surface area (Å²) in [4.78, 5) is 22.6. The number of carbonyl (C=O) groups excluding carboxylic acids is 1. The minimum Gasteiger partial charge on any atom is -0.480 e. The van der Waals surface area contributed by atoms with E-state index in [0.29, 0.717) is 13.0 Å². The van der Waals surface area contributed by atoms with Crippen molar-refractivity contribution in [3.05, 3.63) is 0 Å². The molecule has 2 amide bonds. The van der Waals surface area contributed by atoms with E-state index in [1.54, 1.807) is 6.92 Å². The molecule has 1 fully saturated rings. The molecule has 5 nitrogen and oxygen atoms in total. The fourth-order valence-corrected chi connectivity index (χ4v) is 1.84. The van der Waals surface area contributed by atoms with Crippen LogP contribution in [0.5, 0.6) is 0 Å². The Morgan fingerprint density at radius 1 is 1.41 bits per heavy atom. The van der Waals surface area contributed by atoms with Crippen molar-refractivity contribution < 1.29 is 14.7 Å². The highest BCUT2D eigenvalue weighted by molar-refractivity contribution is 5.85. The molecule has 1 aliphatic rings. The van der Waals surface area contributed by atoms with Gasteiger partial charge in [0.15, 0.2) is 0 Å². The Bertz CT molecular complexity index is 313. The molecule has 5 heteroatoms. The molecule has 0 aromatic rings. The van der Waals surface area contributed by atoms with Gasteiger partial charge in [-0.15, -0.1) is 0 Å². The third-order valence-corrected chi connectivity index (χ3v) is 3.80. The Balaban J connectivity index is 2.40. The number of carboxylic acids is 1. The van der Waals surface area contributed by atoms with Crippen LogP contribution in [-0.2, 0) is 4.79 Å². The lowest BCUT2D eigenvalue weighted by Gasteiger charge is -2.38. The van der Waals surface area contributed by atoms with Gasteiger partial charge >= 0.3 is 12.0 Å². The van der Waals surface area contributed by atoms with Crippen molar-refractivity contribution in [3.63, 3.8) is 0 Å². The second kappa shape index (κ2) is 4.94. The molecule has 1 aliphatic carbocycles. The first-order chi connectivity index (χ1) is 7.81. The van der Waals surface area contributed by atoms with Crippen LogP contribution in [0.4, 0.5) is 4.79 Å². The summed E-state index contributed by atoms with van der Waals surface area (Å²) in [7, 11) is 0. The van der Waals surface area contributed by atoms with E-state index >= 15 is 0 Å². The Hall–Kier alpha value is -1.26. The second-order valence-corrected chi connectivity index (χ2v) is 5.46. The summed E-state index contributed by atoms with van der Waals surface area (Å²) in [5.74, 6) is -1.01. The maximum Gasteiger partial charge on any atom is 0.329 e. The normalized spacial score (nSPS) is 20.9. The molecular formula is C12H22N2O3. The quantitative estimate of drug-likeness (QED) is 0.687. The molecule has 1 rings (SSSR count). The molecule has 0 aromatic carbocycles. The Morgan fingerprint density at radius 3 is 2.35 bits per heavy atom. The van der Waals surface area contributed by atoms with Gasteiger partial charge in [0, 0.05) is 6.54 Å². The molecule has 1 atom stereocenters. The third-order valence-electron chi connectivity index (χ3n) is 3.80. The van der Waals surface area contributed by atoms with Crippen molar-refractivity contribution in [2.45, 2.75) is 52.0 Å². The van der Waals surface area contributed by atoms with E-state index in [1.165, 1.54) is 13.3 Å². The minimum atomic E-state index is -1.19. The van der Waals surface area contributed by atoms with Gasteiger partial charge < -0.3 is 15.7 Å². The van der Waals surface area contributed by atoms with Gasteiger partial charge in [-0.3, -0.25) is 0 Å². The number of carbonyl (C=O) groups is 2. The predicted molar refractivity (Wildman–Crippen MR) is 64.8 cm³/mol. The van der Waals surface area contributed by atoms with Crippen molar-refractivity contribution in [1.29, 1.82) is 0 Å². The van der Waals surface area contributed by atoms with Crippen LogP contribution in [0.1, 0.15) is 46.5 Å². The van der Waals surface area contributed by atoms with E-state index in [2.05, 4.69) is 17.6 Å². The first-order valence-electron chi connectivity index (χ1n) is 6.11. The molecule has 17 heavy (non-hydrogen) atoms. The average molecular weight is 242 g/mol. The van der Waals surface area contributed by atoms with Crippen molar-refractivity contribution >= 4 is 12.0 Å². The van der Waals surface area contributed by atoms with Crippen molar-refractivity contribution in [1.82, 2.24) is 10.6 Å². The molecule has 0 aliphatic heterocycles. The molecule has 3 N–H and O–H groups in total. The molecule has 1 saturated carbocycles. The fraction of sp³-hybridized carbons (Fsp3) is 0.833. The van der Waals surface area contributed by atoms with E-state index in [0.717, 1.165) is 12.8 Å². The Morgan fingerprint density at radius 2 is 2.00 bits per heavy atom. The van der Waals surface area contributed by atoms with Gasteiger partial charge in [-0.2, -0.15) is 0 Å². The summed E-state index contributed by atoms with van der Waals surface area (Å²) in [6.07, 6.45) is 3.81. The molecule has 1 unspecified atom stereocenters. The van der Waals surface area contributed by atoms with Gasteiger partial charge in [-0.1, -0.05) is 20.3 Å². The monoisotopic (exact) mass is 242 g/mol. The molecule has 0 aromatic heterocycles. The molecule has 0 spiro atoms. The highest BCUT2D eigenvalue weighted by Gasteiger charge is 2.35. The summed E-state index contributed by atoms with van der Waals surface area (Å²) in [5.41, 5.74) is -0.992. The standard InChI is InChI=1S/C12H22N2O3/c1-4-12(3,9(15)16)14-10(17)13-8-11(2)6-5-7-11/h4-8H2,1-3H3,(H,15,16)(H2,13,14,17). The van der Waals surface area contributed by atoms with Gasteiger partial charge in [0.1, 0.15) is 5.54 Å². The lowest BCUT2D eigenvalue weighted by atomic mass is 9.70. The minimum absolute atomic E-state index is 0.198. The number of carboxylic acid groups (broad SMARTS) is 1. The summed E-state index contributed by atoms with van der Waals surface area (Å²) >= 11 is 0. The third kappa shape index (κ3) is 3.35. The average Bonchev–Trinajstić information content (AvgIpc) is 2.23. The van der Waals surface area contributed by atoms with Crippen LogP contribution in [0.25, 0.3) is 0 Å². The summed E-state index contributed by atoms with van der Waals surface area (Å²) in [6, 6.07) is -0.398. The maximum absolute atomic E-state index is 11.6. The van der Waals surface area contributed by atoms with Crippen molar-refractivity contribution in [3.8, 4) is 0 Å². The number of hydrogen-bond donors (Lipinski definition) is 3. The van der Waals surface area contributed by atoms with Crippen molar-refractivity contribution in [2.24, 2.45) is 5.41 Å². The lowest BCUT2D eigenvalue weighted by molar-refractivity contribution is -0.143. The smallest absolute Gasteiger partial charge is 0.329 e. The highest BCUT2D eigenvalue weighted by atomic mass is 16.4. The number of aliphatic carboxylic acids is 1. The zero-order valence-electron chi connectivity index (χ0n) is 10.8. The van der Waals surface area contributed by atoms with Gasteiger partial charge in [-0.05, 0) is 31.6 Å². The van der Waals surface area contributed by atoms with E-state index in [-0.39, 0.29) is 5.41 Å². The van der Waals surface area contributed by atoms with Crippen LogP contribution >= 0.6 is 0 Å². The van der Waals surface area contributed by atoms with Crippen LogP contribution in [-0.4, -0.2) is 29.2 Å². The fourth-order valence-electron chi connectivity index (χ4n) is 1.84. The molecule has 0 bridgehead atoms. The van der Waals surface area contributed by atoms with Crippen LogP contribution in [0.3, 0.4) is 0 Å². The largest absolute Gasteiger partial charge is 0.480 e. The summed E-state index contributed by atoms with van der Waals surface area (Å²) in [5, 5.41) is 14.3. The Kier molecular flexibility index (Phi) is 4.01. The number of amides is 2. The van der Waals surface area contributed by atoms with Crippen LogP contribution in [0.2, 0.25) is 0 Å². The maximum atomic E-state index is 11.6. The highest BCUT2D eigenvalue weighted by Crippen LogP contribution is 2.39. The molecule has 98 valence electrons. The van der Waals surface area contributed by atoms with Gasteiger partial charge in [0.05, 0.1) is 0 Å². The second-order valence-electron chi connectivity index (χ2n) is 5.46. The Labute approximate surface area is 102 Å². The first kappa shape index (κ1) is 13.8. The lowest BCUT2D eigenvalue weighted by Crippen LogP contribution is -2.56. The molecule has 0 saturated heterocycles. The zero-order chi connectivity index (χ0) is 13.1. The number of urea groups is 1. The van der Waals surface area contributed by atoms with Gasteiger partial charge in [0.25, 0.3) is 0 Å². The first-order valence-corrected chi connectivity index (χ1v) is 6.11. The van der Waals surface area contributed by atoms with Gasteiger partial charge in [-0.25, -0.2) is 9.59 Å².